The van der Waals surface area contributed by atoms with Gasteiger partial charge in [-0.3, -0.25) is 4.79 Å². The van der Waals surface area contributed by atoms with E-state index in [-0.39, 0.29) is 16.7 Å². The summed E-state index contributed by atoms with van der Waals surface area (Å²) < 4.78 is 5.35. The second-order valence-corrected chi connectivity index (χ2v) is 12.4. The van der Waals surface area contributed by atoms with Gasteiger partial charge in [0.1, 0.15) is 5.75 Å². The largest absolute Gasteiger partial charge is 0.497 e. The van der Waals surface area contributed by atoms with Crippen LogP contribution in [-0.2, 0) is 16.8 Å². The number of nitrogens with zero attached hydrogens (tertiary/aromatic N) is 2. The molecule has 4 rings (SSSR count). The molecule has 4 heteroatoms. The van der Waals surface area contributed by atoms with Crippen molar-refractivity contribution in [3.63, 3.8) is 0 Å². The quantitative estimate of drug-likeness (QED) is 0.276. The molecule has 1 saturated carbocycles. The number of hydrogen-bond donors (Lipinski definition) is 0. The average Bonchev–Trinajstić information content (AvgIpc) is 2.97. The lowest BCUT2D eigenvalue weighted by Gasteiger charge is -2.57. The third-order valence-corrected chi connectivity index (χ3v) is 10.3. The standard InChI is InChI=1S/C35H48N2O2/c1-5-12-27(2)35(30-13-8-6-9-14-30)22-20-34(21-23-35)26-37(25-29-16-18-31(39-4)19-17-29)33(38)28(3)32(34)15-10-7-11-24-36/h6,8-9,13-14,16-19,27-28,32H,5,7,10-12,15,20-23,25-26H2,1-4H3. The molecule has 39 heavy (non-hydrogen) atoms. The number of carbonyl (C=O) groups excluding carboxylic acids is 1. The Balaban J connectivity index is 1.62. The number of likely N-dealkylation sites (tertiary alicyclic amines) is 1. The summed E-state index contributed by atoms with van der Waals surface area (Å²) in [5.41, 5.74) is 3.00. The van der Waals surface area contributed by atoms with E-state index < -0.39 is 0 Å². The lowest BCUT2D eigenvalue weighted by atomic mass is 9.51. The molecule has 0 radical (unpaired) electrons. The molecule has 2 fully saturated rings. The fourth-order valence-electron chi connectivity index (χ4n) is 8.04. The van der Waals surface area contributed by atoms with Gasteiger partial charge >= 0.3 is 0 Å². The summed E-state index contributed by atoms with van der Waals surface area (Å²) in [5, 5.41) is 9.09. The number of carbonyl (C=O) groups is 1. The van der Waals surface area contributed by atoms with Crippen molar-refractivity contribution in [2.24, 2.45) is 23.2 Å². The summed E-state index contributed by atoms with van der Waals surface area (Å²) >= 11 is 0. The van der Waals surface area contributed by atoms with Crippen LogP contribution in [-0.4, -0.2) is 24.5 Å². The van der Waals surface area contributed by atoms with Gasteiger partial charge in [-0.2, -0.15) is 5.26 Å². The van der Waals surface area contributed by atoms with Gasteiger partial charge in [-0.1, -0.05) is 82.5 Å². The van der Waals surface area contributed by atoms with E-state index in [1.807, 2.05) is 12.1 Å². The normalized spacial score (nSPS) is 27.8. The van der Waals surface area contributed by atoms with Crippen molar-refractivity contribution in [1.29, 1.82) is 5.26 Å². The average molecular weight is 529 g/mol. The number of amides is 1. The Morgan fingerprint density at radius 3 is 2.36 bits per heavy atom. The minimum Gasteiger partial charge on any atom is -0.497 e. The van der Waals surface area contributed by atoms with Crippen LogP contribution in [0.4, 0.5) is 0 Å². The van der Waals surface area contributed by atoms with E-state index in [4.69, 9.17) is 10.00 Å². The van der Waals surface area contributed by atoms with Crippen LogP contribution in [0.1, 0.15) is 96.1 Å². The summed E-state index contributed by atoms with van der Waals surface area (Å²) in [6.07, 6.45) is 10.8. The van der Waals surface area contributed by atoms with E-state index in [1.54, 1.807) is 7.11 Å². The zero-order chi connectivity index (χ0) is 27.9. The van der Waals surface area contributed by atoms with Gasteiger partial charge in [0, 0.05) is 25.4 Å². The SMILES string of the molecule is CCCC(C)C1(c2ccccc2)CCC2(CC1)CN(Cc1ccc(OC)cc1)C(=O)C(C)C2CCCCC#N. The summed E-state index contributed by atoms with van der Waals surface area (Å²) in [4.78, 5) is 15.9. The molecule has 210 valence electrons. The summed E-state index contributed by atoms with van der Waals surface area (Å²) in [6.45, 7) is 8.46. The Bertz CT molecular complexity index is 1100. The number of piperidine rings is 1. The van der Waals surface area contributed by atoms with E-state index in [1.165, 1.54) is 31.2 Å². The van der Waals surface area contributed by atoms with Crippen LogP contribution in [0.3, 0.4) is 0 Å². The summed E-state index contributed by atoms with van der Waals surface area (Å²) in [7, 11) is 1.69. The van der Waals surface area contributed by atoms with Crippen molar-refractivity contribution in [3.05, 3.63) is 65.7 Å². The lowest BCUT2D eigenvalue weighted by Crippen LogP contribution is -2.58. The van der Waals surface area contributed by atoms with E-state index in [9.17, 15) is 4.79 Å². The van der Waals surface area contributed by atoms with Crippen molar-refractivity contribution in [3.8, 4) is 11.8 Å². The van der Waals surface area contributed by atoms with Crippen molar-refractivity contribution in [2.75, 3.05) is 13.7 Å². The minimum absolute atomic E-state index is 0.0105. The molecular formula is C35H48N2O2. The topological polar surface area (TPSA) is 53.3 Å². The molecule has 1 amide bonds. The Morgan fingerprint density at radius 2 is 1.74 bits per heavy atom. The first-order valence-electron chi connectivity index (χ1n) is 15.2. The van der Waals surface area contributed by atoms with Gasteiger partial charge < -0.3 is 9.64 Å². The molecule has 0 N–H and O–H groups in total. The summed E-state index contributed by atoms with van der Waals surface area (Å²) in [5.74, 6) is 2.16. The molecule has 2 aromatic carbocycles. The van der Waals surface area contributed by atoms with E-state index >= 15 is 0 Å². The van der Waals surface area contributed by atoms with Gasteiger partial charge in [-0.05, 0) is 84.5 Å². The number of nitriles is 1. The number of rotatable bonds is 11. The monoisotopic (exact) mass is 528 g/mol. The van der Waals surface area contributed by atoms with Crippen LogP contribution >= 0.6 is 0 Å². The Morgan fingerprint density at radius 1 is 1.05 bits per heavy atom. The highest BCUT2D eigenvalue weighted by Gasteiger charge is 2.54. The molecular weight excluding hydrogens is 480 g/mol. The molecule has 0 bridgehead atoms. The molecule has 1 spiro atoms. The van der Waals surface area contributed by atoms with Gasteiger partial charge in [-0.25, -0.2) is 0 Å². The second kappa shape index (κ2) is 13.0. The molecule has 4 nitrogen and oxygen atoms in total. The van der Waals surface area contributed by atoms with E-state index in [0.717, 1.165) is 50.0 Å². The summed E-state index contributed by atoms with van der Waals surface area (Å²) in [6, 6.07) is 21.7. The second-order valence-electron chi connectivity index (χ2n) is 12.4. The number of benzene rings is 2. The van der Waals surface area contributed by atoms with Crippen molar-refractivity contribution in [2.45, 2.75) is 96.9 Å². The molecule has 1 aliphatic heterocycles. The third-order valence-electron chi connectivity index (χ3n) is 10.3. The highest BCUT2D eigenvalue weighted by atomic mass is 16.5. The van der Waals surface area contributed by atoms with E-state index in [0.29, 0.717) is 30.7 Å². The maximum atomic E-state index is 13.8. The van der Waals surface area contributed by atoms with Gasteiger partial charge in [0.2, 0.25) is 5.91 Å². The van der Waals surface area contributed by atoms with Crippen LogP contribution in [0.15, 0.2) is 54.6 Å². The molecule has 1 saturated heterocycles. The maximum absolute atomic E-state index is 13.8. The zero-order valence-electron chi connectivity index (χ0n) is 24.6. The molecule has 3 unspecified atom stereocenters. The highest BCUT2D eigenvalue weighted by Crippen LogP contribution is 2.58. The van der Waals surface area contributed by atoms with Gasteiger partial charge in [0.25, 0.3) is 0 Å². The fourth-order valence-corrected chi connectivity index (χ4v) is 8.04. The lowest BCUT2D eigenvalue weighted by molar-refractivity contribution is -0.154. The van der Waals surface area contributed by atoms with Gasteiger partial charge in [0.05, 0.1) is 13.2 Å². The van der Waals surface area contributed by atoms with Gasteiger partial charge in [0.15, 0.2) is 0 Å². The van der Waals surface area contributed by atoms with Crippen LogP contribution in [0, 0.1) is 34.5 Å². The third kappa shape index (κ3) is 6.19. The first-order valence-corrected chi connectivity index (χ1v) is 15.2. The minimum atomic E-state index is 0.0105. The van der Waals surface area contributed by atoms with E-state index in [2.05, 4.69) is 74.2 Å². The van der Waals surface area contributed by atoms with Crippen LogP contribution in [0.25, 0.3) is 0 Å². The van der Waals surface area contributed by atoms with Gasteiger partial charge in [-0.15, -0.1) is 0 Å². The Hall–Kier alpha value is -2.80. The molecule has 1 aliphatic carbocycles. The van der Waals surface area contributed by atoms with Crippen molar-refractivity contribution >= 4 is 5.91 Å². The number of ether oxygens (including phenoxy) is 1. The van der Waals surface area contributed by atoms with Crippen LogP contribution < -0.4 is 4.74 Å². The van der Waals surface area contributed by atoms with Crippen molar-refractivity contribution in [1.82, 2.24) is 4.90 Å². The number of hydrogen-bond acceptors (Lipinski definition) is 3. The number of unbranched alkanes of at least 4 members (excludes halogenated alkanes) is 2. The molecule has 0 aromatic heterocycles. The highest BCUT2D eigenvalue weighted by molar-refractivity contribution is 5.80. The zero-order valence-corrected chi connectivity index (χ0v) is 24.6. The Kier molecular flexibility index (Phi) is 9.76. The maximum Gasteiger partial charge on any atom is 0.226 e. The molecule has 1 heterocycles. The first-order chi connectivity index (χ1) is 18.9. The molecule has 2 aromatic rings. The number of methoxy groups -OCH3 is 1. The Labute approximate surface area is 236 Å². The first kappa shape index (κ1) is 29.2. The molecule has 2 aliphatic rings. The smallest absolute Gasteiger partial charge is 0.226 e. The van der Waals surface area contributed by atoms with Crippen molar-refractivity contribution < 1.29 is 9.53 Å². The fraction of sp³-hybridized carbons (Fsp3) is 0.600. The molecule has 3 atom stereocenters. The predicted octanol–water partition coefficient (Wildman–Crippen LogP) is 8.31. The van der Waals surface area contributed by atoms with Crippen LogP contribution in [0.2, 0.25) is 0 Å². The van der Waals surface area contributed by atoms with Crippen LogP contribution in [0.5, 0.6) is 5.75 Å². The predicted molar refractivity (Wildman–Crippen MR) is 158 cm³/mol.